The molecule has 168 valence electrons. The van der Waals surface area contributed by atoms with Crippen LogP contribution in [0.2, 0.25) is 0 Å². The first-order chi connectivity index (χ1) is 13.9. The first-order valence-corrected chi connectivity index (χ1v) is 12.7. The van der Waals surface area contributed by atoms with E-state index >= 15 is 0 Å². The number of carbonyl (C=O) groups is 2. The van der Waals surface area contributed by atoms with Gasteiger partial charge in [-0.3, -0.25) is 9.59 Å². The van der Waals surface area contributed by atoms with Crippen LogP contribution < -0.4 is 0 Å². The Bertz CT molecular complexity index is 785. The molecule has 3 nitrogen and oxygen atoms in total. The molecular weight excluding hydrogens is 372 g/mol. The van der Waals surface area contributed by atoms with Gasteiger partial charge in [-0.05, 0) is 97.7 Å². The summed E-state index contributed by atoms with van der Waals surface area (Å²) >= 11 is 0. The van der Waals surface area contributed by atoms with E-state index in [0.717, 1.165) is 44.9 Å². The third-order valence-electron chi connectivity index (χ3n) is 12.5. The monoisotopic (exact) mass is 414 g/mol. The average Bonchev–Trinajstić information content (AvgIpc) is 3.11. The zero-order valence-corrected chi connectivity index (χ0v) is 19.9. The molecule has 0 radical (unpaired) electrons. The standard InChI is InChI=1S/C27H42O3/c1-23(2)19-10-14-26(5)20(24(19,3)13-11-21(23)28)9-8-17-18-7-6-12-27(18,22(29)30)16-15-25(17,26)4/h17-20H,6-16H2,1-5H3,(H,29,30)/t17?,18?,19?,20?,24-,25+,26+,27-/m0/s1. The molecule has 5 fully saturated rings. The van der Waals surface area contributed by atoms with Crippen molar-refractivity contribution < 1.29 is 14.7 Å². The van der Waals surface area contributed by atoms with E-state index in [-0.39, 0.29) is 21.7 Å². The van der Waals surface area contributed by atoms with Crippen LogP contribution in [0.4, 0.5) is 0 Å². The average molecular weight is 415 g/mol. The molecule has 0 bridgehead atoms. The molecule has 0 aromatic rings. The molecule has 1 N–H and O–H groups in total. The van der Waals surface area contributed by atoms with Gasteiger partial charge in [0.05, 0.1) is 5.41 Å². The fourth-order valence-electron chi connectivity index (χ4n) is 10.7. The van der Waals surface area contributed by atoms with Crippen molar-refractivity contribution in [3.8, 4) is 0 Å². The summed E-state index contributed by atoms with van der Waals surface area (Å²) in [5, 5.41) is 10.2. The Balaban J connectivity index is 1.54. The molecule has 0 spiro atoms. The molecule has 30 heavy (non-hydrogen) atoms. The Hall–Kier alpha value is -0.860. The maximum absolute atomic E-state index is 12.8. The fraction of sp³-hybridized carbons (Fsp3) is 0.926. The summed E-state index contributed by atoms with van der Waals surface area (Å²) in [6.45, 7) is 12.1. The molecule has 5 rings (SSSR count). The Labute approximate surface area is 182 Å². The molecule has 3 heteroatoms. The second-order valence-corrected chi connectivity index (χ2v) is 13.3. The molecule has 0 saturated heterocycles. The van der Waals surface area contributed by atoms with Crippen LogP contribution in [0.15, 0.2) is 0 Å². The normalized spacial score (nSPS) is 54.5. The van der Waals surface area contributed by atoms with Gasteiger partial charge in [-0.15, -0.1) is 0 Å². The predicted octanol–water partition coefficient (Wildman–Crippen LogP) is 6.50. The van der Waals surface area contributed by atoms with Gasteiger partial charge >= 0.3 is 5.97 Å². The van der Waals surface area contributed by atoms with Crippen molar-refractivity contribution in [1.29, 1.82) is 0 Å². The van der Waals surface area contributed by atoms with Crippen LogP contribution in [0.3, 0.4) is 0 Å². The van der Waals surface area contributed by atoms with Crippen molar-refractivity contribution in [3.05, 3.63) is 0 Å². The molecule has 4 unspecified atom stereocenters. The summed E-state index contributed by atoms with van der Waals surface area (Å²) in [6.07, 6.45) is 11.7. The van der Waals surface area contributed by atoms with Crippen molar-refractivity contribution >= 4 is 11.8 Å². The summed E-state index contributed by atoms with van der Waals surface area (Å²) in [5.74, 6) is 2.06. The van der Waals surface area contributed by atoms with E-state index < -0.39 is 11.4 Å². The first-order valence-electron chi connectivity index (χ1n) is 12.7. The SMILES string of the molecule is CC1(C)C(=O)CC[C@@]2(C)C1CC[C@]1(C)C2CCC2C3CCC[C@]3(C(=O)O)CC[C@]21C. The summed E-state index contributed by atoms with van der Waals surface area (Å²) in [4.78, 5) is 25.2. The van der Waals surface area contributed by atoms with E-state index in [1.165, 1.54) is 25.7 Å². The number of fused-ring (bicyclic) bond motifs is 7. The Morgan fingerprint density at radius 1 is 0.800 bits per heavy atom. The van der Waals surface area contributed by atoms with E-state index in [9.17, 15) is 14.7 Å². The lowest BCUT2D eigenvalue weighted by molar-refractivity contribution is -0.232. The molecule has 0 aromatic carbocycles. The smallest absolute Gasteiger partial charge is 0.309 e. The molecule has 0 heterocycles. The zero-order valence-electron chi connectivity index (χ0n) is 19.9. The van der Waals surface area contributed by atoms with E-state index in [2.05, 4.69) is 34.6 Å². The molecular formula is C27H42O3. The maximum atomic E-state index is 12.8. The van der Waals surface area contributed by atoms with Crippen molar-refractivity contribution in [2.75, 3.05) is 0 Å². The molecule has 0 aromatic heterocycles. The number of hydrogen-bond donors (Lipinski definition) is 1. The lowest BCUT2D eigenvalue weighted by Crippen LogP contribution is -2.66. The number of carboxylic acid groups (broad SMARTS) is 1. The van der Waals surface area contributed by atoms with Crippen LogP contribution in [0.1, 0.15) is 105 Å². The molecule has 5 saturated carbocycles. The van der Waals surface area contributed by atoms with Gasteiger partial charge in [-0.1, -0.05) is 41.0 Å². The minimum absolute atomic E-state index is 0.192. The number of rotatable bonds is 1. The lowest BCUT2D eigenvalue weighted by atomic mass is 9.32. The fourth-order valence-corrected chi connectivity index (χ4v) is 10.7. The van der Waals surface area contributed by atoms with E-state index in [1.807, 2.05) is 0 Å². The maximum Gasteiger partial charge on any atom is 0.309 e. The lowest BCUT2D eigenvalue weighted by Gasteiger charge is -2.72. The van der Waals surface area contributed by atoms with Crippen molar-refractivity contribution in [3.63, 3.8) is 0 Å². The van der Waals surface area contributed by atoms with Crippen LogP contribution in [0.5, 0.6) is 0 Å². The van der Waals surface area contributed by atoms with E-state index in [4.69, 9.17) is 0 Å². The van der Waals surface area contributed by atoms with E-state index in [0.29, 0.717) is 29.5 Å². The highest BCUT2D eigenvalue weighted by molar-refractivity contribution is 5.85. The Morgan fingerprint density at radius 2 is 1.53 bits per heavy atom. The van der Waals surface area contributed by atoms with Gasteiger partial charge in [0.25, 0.3) is 0 Å². The van der Waals surface area contributed by atoms with Gasteiger partial charge in [-0.2, -0.15) is 0 Å². The second kappa shape index (κ2) is 6.13. The summed E-state index contributed by atoms with van der Waals surface area (Å²) in [5.41, 5.74) is 0.125. The minimum Gasteiger partial charge on any atom is -0.481 e. The highest BCUT2D eigenvalue weighted by Crippen LogP contribution is 2.76. The van der Waals surface area contributed by atoms with Gasteiger partial charge in [0.1, 0.15) is 5.78 Å². The predicted molar refractivity (Wildman–Crippen MR) is 118 cm³/mol. The molecule has 5 aliphatic carbocycles. The number of Topliss-reactive ketones (excluding diaryl/α,β-unsaturated/α-hetero) is 1. The highest BCUT2D eigenvalue weighted by atomic mass is 16.4. The van der Waals surface area contributed by atoms with Gasteiger partial charge in [0.2, 0.25) is 0 Å². The molecule has 0 amide bonds. The first kappa shape index (κ1) is 21.0. The van der Waals surface area contributed by atoms with E-state index in [1.54, 1.807) is 0 Å². The minimum atomic E-state index is -0.512. The Kier molecular flexibility index (Phi) is 4.29. The van der Waals surface area contributed by atoms with Crippen molar-refractivity contribution in [1.82, 2.24) is 0 Å². The molecule has 0 aliphatic heterocycles. The van der Waals surface area contributed by atoms with Crippen LogP contribution >= 0.6 is 0 Å². The number of carbonyl (C=O) groups excluding carboxylic acids is 1. The molecule has 5 aliphatic rings. The van der Waals surface area contributed by atoms with Crippen LogP contribution in [-0.2, 0) is 9.59 Å². The number of aliphatic carboxylic acids is 1. The largest absolute Gasteiger partial charge is 0.481 e. The topological polar surface area (TPSA) is 54.4 Å². The quantitative estimate of drug-likeness (QED) is 0.533. The third kappa shape index (κ3) is 2.23. The number of hydrogen-bond acceptors (Lipinski definition) is 2. The zero-order chi connectivity index (χ0) is 21.7. The third-order valence-corrected chi connectivity index (χ3v) is 12.5. The van der Waals surface area contributed by atoms with Gasteiger partial charge < -0.3 is 5.11 Å². The van der Waals surface area contributed by atoms with Gasteiger partial charge in [0.15, 0.2) is 0 Å². The summed E-state index contributed by atoms with van der Waals surface area (Å²) < 4.78 is 0. The van der Waals surface area contributed by atoms with Crippen molar-refractivity contribution in [2.24, 2.45) is 50.7 Å². The summed E-state index contributed by atoms with van der Waals surface area (Å²) in [7, 11) is 0. The van der Waals surface area contributed by atoms with Crippen LogP contribution in [0, 0.1) is 50.7 Å². The number of ketones is 1. The highest BCUT2D eigenvalue weighted by Gasteiger charge is 2.70. The summed E-state index contributed by atoms with van der Waals surface area (Å²) in [6, 6.07) is 0. The van der Waals surface area contributed by atoms with Gasteiger partial charge in [0, 0.05) is 11.8 Å². The van der Waals surface area contributed by atoms with Gasteiger partial charge in [-0.25, -0.2) is 0 Å². The number of carboxylic acids is 1. The van der Waals surface area contributed by atoms with Crippen LogP contribution in [0.25, 0.3) is 0 Å². The van der Waals surface area contributed by atoms with Crippen LogP contribution in [-0.4, -0.2) is 16.9 Å². The second-order valence-electron chi connectivity index (χ2n) is 13.3. The molecule has 8 atom stereocenters. The van der Waals surface area contributed by atoms with Crippen molar-refractivity contribution in [2.45, 2.75) is 105 Å². The Morgan fingerprint density at radius 3 is 2.23 bits per heavy atom.